The molecule has 7 nitrogen and oxygen atoms in total. The van der Waals surface area contributed by atoms with Crippen LogP contribution in [0.1, 0.15) is 31.0 Å². The van der Waals surface area contributed by atoms with Crippen LogP contribution in [0.2, 0.25) is 0 Å². The van der Waals surface area contributed by atoms with Crippen molar-refractivity contribution in [3.8, 4) is 0 Å². The van der Waals surface area contributed by atoms with Crippen LogP contribution < -0.4 is 5.32 Å². The molecule has 2 aliphatic rings. The number of hydrogen-bond acceptors (Lipinski definition) is 4. The minimum Gasteiger partial charge on any atom is -0.350 e. The predicted molar refractivity (Wildman–Crippen MR) is 98.6 cm³/mol. The predicted octanol–water partition coefficient (Wildman–Crippen LogP) is 2.22. The largest absolute Gasteiger partial charge is 0.350 e. The van der Waals surface area contributed by atoms with Crippen molar-refractivity contribution in [1.29, 1.82) is 0 Å². The number of aromatic nitrogens is 4. The molecule has 1 amide bonds. The molecule has 1 saturated heterocycles. The molecule has 134 valence electrons. The van der Waals surface area contributed by atoms with Gasteiger partial charge in [0.15, 0.2) is 0 Å². The fourth-order valence-corrected chi connectivity index (χ4v) is 4.13. The van der Waals surface area contributed by atoms with Gasteiger partial charge >= 0.3 is 0 Å². The number of fused-ring (bicyclic) bond motifs is 1. The van der Waals surface area contributed by atoms with Gasteiger partial charge < -0.3 is 14.8 Å². The Labute approximate surface area is 151 Å². The quantitative estimate of drug-likeness (QED) is 0.783. The third-order valence-electron chi connectivity index (χ3n) is 5.57. The first-order valence-electron chi connectivity index (χ1n) is 9.10. The second-order valence-electron chi connectivity index (χ2n) is 7.29. The Morgan fingerprint density at radius 1 is 1.15 bits per heavy atom. The van der Waals surface area contributed by atoms with Gasteiger partial charge in [0.1, 0.15) is 0 Å². The van der Waals surface area contributed by atoms with Crippen LogP contribution in [-0.2, 0) is 18.9 Å². The number of nitrogens with zero attached hydrogens (tertiary/aromatic N) is 5. The number of anilines is 1. The Balaban J connectivity index is 1.53. The van der Waals surface area contributed by atoms with Gasteiger partial charge in [-0.2, -0.15) is 5.10 Å². The fraction of sp³-hybridized carbons (Fsp3) is 0.421. The summed E-state index contributed by atoms with van der Waals surface area (Å²) < 4.78 is 3.93. The number of amides is 1. The second-order valence-corrected chi connectivity index (χ2v) is 7.29. The van der Waals surface area contributed by atoms with Crippen molar-refractivity contribution in [2.75, 3.05) is 5.32 Å². The number of hydrogen-bond donors (Lipinski definition) is 1. The molecule has 0 spiro atoms. The summed E-state index contributed by atoms with van der Waals surface area (Å²) in [5, 5.41) is 7.88. The Kier molecular flexibility index (Phi) is 3.32. The zero-order valence-electron chi connectivity index (χ0n) is 15.0. The van der Waals surface area contributed by atoms with Crippen molar-refractivity contribution in [3.63, 3.8) is 0 Å². The van der Waals surface area contributed by atoms with Crippen molar-refractivity contribution in [2.45, 2.75) is 37.4 Å². The number of carbonyl (C=O) groups is 1. The minimum absolute atomic E-state index is 0.0117. The highest BCUT2D eigenvalue weighted by Gasteiger charge is 2.48. The van der Waals surface area contributed by atoms with Gasteiger partial charge in [-0.25, -0.2) is 4.98 Å². The van der Waals surface area contributed by atoms with Gasteiger partial charge in [0.25, 0.3) is 0 Å². The number of rotatable bonds is 4. The lowest BCUT2D eigenvalue weighted by atomic mass is 10.1. The van der Waals surface area contributed by atoms with Crippen molar-refractivity contribution in [2.24, 2.45) is 14.1 Å². The number of benzene rings is 1. The second kappa shape index (κ2) is 5.59. The molecule has 1 aliphatic carbocycles. The Morgan fingerprint density at radius 2 is 1.96 bits per heavy atom. The first-order chi connectivity index (χ1) is 12.6. The van der Waals surface area contributed by atoms with Crippen LogP contribution in [0.25, 0.3) is 11.0 Å². The van der Waals surface area contributed by atoms with Crippen LogP contribution in [0.3, 0.4) is 0 Å². The third kappa shape index (κ3) is 2.30. The van der Waals surface area contributed by atoms with Crippen molar-refractivity contribution >= 4 is 22.9 Å². The van der Waals surface area contributed by atoms with E-state index in [1.807, 2.05) is 43.0 Å². The topological polar surface area (TPSA) is 68.0 Å². The first kappa shape index (κ1) is 15.4. The monoisotopic (exact) mass is 350 g/mol. The highest BCUT2D eigenvalue weighted by atomic mass is 16.2. The molecule has 1 N–H and O–H groups in total. The molecule has 3 heterocycles. The third-order valence-corrected chi connectivity index (χ3v) is 5.57. The number of nitrogens with one attached hydrogen (secondary N) is 1. The zero-order valence-corrected chi connectivity index (χ0v) is 15.0. The zero-order chi connectivity index (χ0) is 17.8. The molecular formula is C19H22N6O. The molecule has 5 rings (SSSR count). The number of aryl methyl sites for hydroxylation is 2. The highest BCUT2D eigenvalue weighted by Crippen LogP contribution is 2.42. The van der Waals surface area contributed by atoms with E-state index < -0.39 is 0 Å². The molecule has 2 aromatic heterocycles. The molecule has 1 aromatic carbocycles. The SMILES string of the molecule is Cn1nccc1[C@H]1[C@H](Nc2nc3ccccc3n2C)CC(=O)N1C1CC1. The van der Waals surface area contributed by atoms with E-state index in [1.54, 1.807) is 6.20 Å². The van der Waals surface area contributed by atoms with Gasteiger partial charge in [0.2, 0.25) is 11.9 Å². The van der Waals surface area contributed by atoms with Crippen LogP contribution >= 0.6 is 0 Å². The lowest BCUT2D eigenvalue weighted by Gasteiger charge is -2.29. The molecular weight excluding hydrogens is 328 g/mol. The van der Waals surface area contributed by atoms with Gasteiger partial charge in [-0.15, -0.1) is 0 Å². The number of para-hydroxylation sites is 2. The van der Waals surface area contributed by atoms with E-state index in [4.69, 9.17) is 4.98 Å². The van der Waals surface area contributed by atoms with Crippen molar-refractivity contribution in [3.05, 3.63) is 42.2 Å². The highest BCUT2D eigenvalue weighted by molar-refractivity contribution is 5.82. The first-order valence-corrected chi connectivity index (χ1v) is 9.10. The van der Waals surface area contributed by atoms with E-state index in [0.29, 0.717) is 12.5 Å². The number of likely N-dealkylation sites (tertiary alicyclic amines) is 1. The fourth-order valence-electron chi connectivity index (χ4n) is 4.13. The Hall–Kier alpha value is -2.83. The minimum atomic E-state index is -0.0194. The Bertz CT molecular complexity index is 985. The summed E-state index contributed by atoms with van der Waals surface area (Å²) in [5.41, 5.74) is 3.10. The molecule has 2 atom stereocenters. The van der Waals surface area contributed by atoms with Crippen LogP contribution in [0.15, 0.2) is 36.5 Å². The molecule has 7 heteroatoms. The smallest absolute Gasteiger partial charge is 0.225 e. The normalized spacial score (nSPS) is 23.2. The number of imidazole rings is 1. The standard InChI is InChI=1S/C19H22N6O/c1-23-15-6-4-3-5-13(15)21-19(23)22-14-11-17(26)25(12-7-8-12)18(14)16-9-10-20-24(16)2/h3-6,9-10,12,14,18H,7-8,11H2,1-2H3,(H,21,22)/t14-,18-/m1/s1. The van der Waals surface area contributed by atoms with Gasteiger partial charge in [0, 0.05) is 32.8 Å². The van der Waals surface area contributed by atoms with E-state index >= 15 is 0 Å². The molecule has 1 aliphatic heterocycles. The molecule has 0 bridgehead atoms. The average Bonchev–Trinajstić information content (AvgIpc) is 3.19. The van der Waals surface area contributed by atoms with Gasteiger partial charge in [0.05, 0.1) is 28.8 Å². The lowest BCUT2D eigenvalue weighted by molar-refractivity contribution is -0.129. The van der Waals surface area contributed by atoms with E-state index in [0.717, 1.165) is 35.5 Å². The Morgan fingerprint density at radius 3 is 2.65 bits per heavy atom. The van der Waals surface area contributed by atoms with Gasteiger partial charge in [-0.05, 0) is 31.0 Å². The van der Waals surface area contributed by atoms with E-state index in [-0.39, 0.29) is 18.0 Å². The van der Waals surface area contributed by atoms with Crippen LogP contribution in [0.5, 0.6) is 0 Å². The summed E-state index contributed by atoms with van der Waals surface area (Å²) >= 11 is 0. The molecule has 3 aromatic rings. The lowest BCUT2D eigenvalue weighted by Crippen LogP contribution is -2.35. The maximum absolute atomic E-state index is 12.8. The van der Waals surface area contributed by atoms with Crippen LogP contribution in [0, 0.1) is 0 Å². The van der Waals surface area contributed by atoms with Crippen molar-refractivity contribution < 1.29 is 4.79 Å². The summed E-state index contributed by atoms with van der Waals surface area (Å²) in [7, 11) is 3.95. The van der Waals surface area contributed by atoms with E-state index in [9.17, 15) is 4.79 Å². The van der Waals surface area contributed by atoms with Gasteiger partial charge in [-0.3, -0.25) is 9.48 Å². The van der Waals surface area contributed by atoms with Crippen LogP contribution in [0.4, 0.5) is 5.95 Å². The van der Waals surface area contributed by atoms with E-state index in [2.05, 4.69) is 25.9 Å². The summed E-state index contributed by atoms with van der Waals surface area (Å²) in [4.78, 5) is 19.6. The molecule has 26 heavy (non-hydrogen) atoms. The summed E-state index contributed by atoms with van der Waals surface area (Å²) in [5.74, 6) is 1.02. The summed E-state index contributed by atoms with van der Waals surface area (Å²) in [6, 6.07) is 10.4. The molecule has 1 saturated carbocycles. The average molecular weight is 350 g/mol. The van der Waals surface area contributed by atoms with Gasteiger partial charge in [-0.1, -0.05) is 12.1 Å². The number of carbonyl (C=O) groups excluding carboxylic acids is 1. The molecule has 0 unspecified atom stereocenters. The van der Waals surface area contributed by atoms with Crippen molar-refractivity contribution in [1.82, 2.24) is 24.2 Å². The molecule has 0 radical (unpaired) electrons. The maximum Gasteiger partial charge on any atom is 0.225 e. The maximum atomic E-state index is 12.8. The van der Waals surface area contributed by atoms with Crippen LogP contribution in [-0.4, -0.2) is 42.2 Å². The van der Waals surface area contributed by atoms with E-state index in [1.165, 1.54) is 0 Å². The summed E-state index contributed by atoms with van der Waals surface area (Å²) in [6.07, 6.45) is 4.48. The summed E-state index contributed by atoms with van der Waals surface area (Å²) in [6.45, 7) is 0. The molecule has 2 fully saturated rings.